The maximum absolute atomic E-state index is 9.17. The molecule has 2 nitrogen and oxygen atoms in total. The number of nitriles is 1. The zero-order valence-corrected chi connectivity index (χ0v) is 10.6. The van der Waals surface area contributed by atoms with Crippen LogP contribution >= 0.6 is 15.9 Å². The van der Waals surface area contributed by atoms with E-state index in [1.54, 1.807) is 0 Å². The summed E-state index contributed by atoms with van der Waals surface area (Å²) >= 11 is 3.38. The molecule has 1 aromatic rings. The van der Waals surface area contributed by atoms with E-state index in [-0.39, 0.29) is 0 Å². The lowest BCUT2D eigenvalue weighted by Gasteiger charge is -2.26. The van der Waals surface area contributed by atoms with Crippen LogP contribution in [0, 0.1) is 11.3 Å². The molecule has 80 valence electrons. The molecule has 0 saturated heterocycles. The quantitative estimate of drug-likeness (QED) is 0.896. The molecule has 1 N–H and O–H groups in total. The maximum Gasteiger partial charge on any atom is 0.124 e. The van der Waals surface area contributed by atoms with Crippen LogP contribution in [0.15, 0.2) is 28.7 Å². The lowest BCUT2D eigenvalue weighted by molar-refractivity contribution is 0.548. The van der Waals surface area contributed by atoms with Crippen molar-refractivity contribution >= 4 is 21.6 Å². The zero-order valence-electron chi connectivity index (χ0n) is 9.05. The highest BCUT2D eigenvalue weighted by Gasteiger charge is 2.24. The second-order valence-electron chi connectivity index (χ2n) is 3.53. The molecule has 0 aliphatic carbocycles. The molecule has 0 heterocycles. The van der Waals surface area contributed by atoms with Crippen molar-refractivity contribution in [3.05, 3.63) is 28.7 Å². The SMILES string of the molecule is CCC(C#N)(CC)Nc1ccc(Br)cc1. The van der Waals surface area contributed by atoms with Gasteiger partial charge in [-0.1, -0.05) is 29.8 Å². The van der Waals surface area contributed by atoms with Gasteiger partial charge < -0.3 is 5.32 Å². The zero-order chi connectivity index (χ0) is 11.3. The van der Waals surface area contributed by atoms with Crippen molar-refractivity contribution in [2.75, 3.05) is 5.32 Å². The summed E-state index contributed by atoms with van der Waals surface area (Å²) in [6.45, 7) is 4.05. The highest BCUT2D eigenvalue weighted by Crippen LogP contribution is 2.22. The molecule has 0 aliphatic rings. The fraction of sp³-hybridized carbons (Fsp3) is 0.417. The summed E-state index contributed by atoms with van der Waals surface area (Å²) < 4.78 is 1.05. The molecule has 0 bridgehead atoms. The van der Waals surface area contributed by atoms with Gasteiger partial charge in [-0.05, 0) is 37.1 Å². The van der Waals surface area contributed by atoms with Gasteiger partial charge >= 0.3 is 0 Å². The molecule has 0 fully saturated rings. The molecule has 0 spiro atoms. The van der Waals surface area contributed by atoms with Gasteiger partial charge in [0.25, 0.3) is 0 Å². The summed E-state index contributed by atoms with van der Waals surface area (Å²) in [6, 6.07) is 10.2. The Morgan fingerprint density at radius 1 is 1.27 bits per heavy atom. The summed E-state index contributed by atoms with van der Waals surface area (Å²) in [7, 11) is 0. The van der Waals surface area contributed by atoms with Crippen molar-refractivity contribution in [2.45, 2.75) is 32.2 Å². The Morgan fingerprint density at radius 2 is 1.80 bits per heavy atom. The molecule has 0 saturated carbocycles. The third-order valence-electron chi connectivity index (χ3n) is 2.65. The fourth-order valence-electron chi connectivity index (χ4n) is 1.42. The molecule has 1 aromatic carbocycles. The first-order chi connectivity index (χ1) is 7.15. The summed E-state index contributed by atoms with van der Waals surface area (Å²) in [4.78, 5) is 0. The van der Waals surface area contributed by atoms with Crippen molar-refractivity contribution < 1.29 is 0 Å². The van der Waals surface area contributed by atoms with E-state index in [1.165, 1.54) is 0 Å². The Balaban J connectivity index is 2.84. The Morgan fingerprint density at radius 3 is 2.20 bits per heavy atom. The van der Waals surface area contributed by atoms with Crippen LogP contribution in [-0.2, 0) is 0 Å². The van der Waals surface area contributed by atoms with Crippen LogP contribution < -0.4 is 5.32 Å². The minimum atomic E-state index is -0.437. The Kier molecular flexibility index (Phi) is 4.16. The average molecular weight is 267 g/mol. The molecular formula is C12H15BrN2. The van der Waals surface area contributed by atoms with Crippen LogP contribution in [0.1, 0.15) is 26.7 Å². The fourth-order valence-corrected chi connectivity index (χ4v) is 1.69. The predicted octanol–water partition coefficient (Wildman–Crippen LogP) is 3.94. The van der Waals surface area contributed by atoms with Gasteiger partial charge in [-0.15, -0.1) is 0 Å². The summed E-state index contributed by atoms with van der Waals surface area (Å²) in [5.74, 6) is 0. The second-order valence-corrected chi connectivity index (χ2v) is 4.45. The van der Waals surface area contributed by atoms with E-state index < -0.39 is 5.54 Å². The van der Waals surface area contributed by atoms with Crippen molar-refractivity contribution in [1.82, 2.24) is 0 Å². The van der Waals surface area contributed by atoms with E-state index in [9.17, 15) is 5.26 Å². The third kappa shape index (κ3) is 2.97. The maximum atomic E-state index is 9.17. The molecule has 0 radical (unpaired) electrons. The highest BCUT2D eigenvalue weighted by molar-refractivity contribution is 9.10. The van der Waals surface area contributed by atoms with E-state index in [4.69, 9.17) is 0 Å². The number of anilines is 1. The van der Waals surface area contributed by atoms with E-state index in [0.29, 0.717) is 0 Å². The highest BCUT2D eigenvalue weighted by atomic mass is 79.9. The van der Waals surface area contributed by atoms with Crippen LogP contribution in [-0.4, -0.2) is 5.54 Å². The topological polar surface area (TPSA) is 35.8 Å². The largest absolute Gasteiger partial charge is 0.367 e. The van der Waals surface area contributed by atoms with Crippen LogP contribution in [0.2, 0.25) is 0 Å². The Hall–Kier alpha value is -1.01. The molecule has 0 unspecified atom stereocenters. The van der Waals surface area contributed by atoms with Gasteiger partial charge in [0.05, 0.1) is 6.07 Å². The van der Waals surface area contributed by atoms with Gasteiger partial charge in [0.1, 0.15) is 5.54 Å². The molecule has 1 rings (SSSR count). The van der Waals surface area contributed by atoms with Crippen molar-refractivity contribution in [2.24, 2.45) is 0 Å². The van der Waals surface area contributed by atoms with Crippen LogP contribution in [0.25, 0.3) is 0 Å². The monoisotopic (exact) mass is 266 g/mol. The Labute approximate surface area is 99.4 Å². The van der Waals surface area contributed by atoms with Crippen molar-refractivity contribution in [1.29, 1.82) is 5.26 Å². The Bertz CT molecular complexity index is 347. The van der Waals surface area contributed by atoms with Crippen LogP contribution in [0.5, 0.6) is 0 Å². The van der Waals surface area contributed by atoms with Gasteiger partial charge in [0, 0.05) is 10.2 Å². The van der Waals surface area contributed by atoms with Crippen molar-refractivity contribution in [3.8, 4) is 6.07 Å². The molecule has 0 amide bonds. The number of nitrogens with zero attached hydrogens (tertiary/aromatic N) is 1. The van der Waals surface area contributed by atoms with E-state index in [1.807, 2.05) is 38.1 Å². The normalized spacial score (nSPS) is 10.8. The standard InChI is InChI=1S/C12H15BrN2/c1-3-12(4-2,9-14)15-11-7-5-10(13)6-8-11/h5-8,15H,3-4H2,1-2H3. The van der Waals surface area contributed by atoms with Crippen LogP contribution in [0.4, 0.5) is 5.69 Å². The molecule has 15 heavy (non-hydrogen) atoms. The van der Waals surface area contributed by atoms with Crippen molar-refractivity contribution in [3.63, 3.8) is 0 Å². The molecule has 0 aliphatic heterocycles. The number of nitrogens with one attached hydrogen (secondary N) is 1. The van der Waals surface area contributed by atoms with Gasteiger partial charge in [-0.3, -0.25) is 0 Å². The first-order valence-corrected chi connectivity index (χ1v) is 5.90. The van der Waals surface area contributed by atoms with E-state index in [2.05, 4.69) is 27.3 Å². The number of hydrogen-bond acceptors (Lipinski definition) is 2. The minimum Gasteiger partial charge on any atom is -0.367 e. The predicted molar refractivity (Wildman–Crippen MR) is 66.7 cm³/mol. The molecular weight excluding hydrogens is 252 g/mol. The third-order valence-corrected chi connectivity index (χ3v) is 3.18. The number of hydrogen-bond donors (Lipinski definition) is 1. The minimum absolute atomic E-state index is 0.437. The van der Waals surface area contributed by atoms with Gasteiger partial charge in [0.2, 0.25) is 0 Å². The average Bonchev–Trinajstić information content (AvgIpc) is 2.29. The molecule has 0 atom stereocenters. The first kappa shape index (κ1) is 12.1. The van der Waals surface area contributed by atoms with Gasteiger partial charge in [-0.25, -0.2) is 0 Å². The van der Waals surface area contributed by atoms with Gasteiger partial charge in [0.15, 0.2) is 0 Å². The second kappa shape index (κ2) is 5.18. The first-order valence-electron chi connectivity index (χ1n) is 5.11. The summed E-state index contributed by atoms with van der Waals surface area (Å²) in [6.07, 6.45) is 1.60. The molecule has 0 aromatic heterocycles. The number of rotatable bonds is 4. The number of benzene rings is 1. The number of halogens is 1. The van der Waals surface area contributed by atoms with Gasteiger partial charge in [-0.2, -0.15) is 5.26 Å². The lowest BCUT2D eigenvalue weighted by atomic mass is 9.94. The summed E-state index contributed by atoms with van der Waals surface area (Å²) in [5, 5.41) is 12.5. The van der Waals surface area contributed by atoms with E-state index >= 15 is 0 Å². The van der Waals surface area contributed by atoms with Crippen LogP contribution in [0.3, 0.4) is 0 Å². The smallest absolute Gasteiger partial charge is 0.124 e. The van der Waals surface area contributed by atoms with E-state index in [0.717, 1.165) is 23.0 Å². The molecule has 3 heteroatoms. The lowest BCUT2D eigenvalue weighted by Crippen LogP contribution is -2.34. The summed E-state index contributed by atoms with van der Waals surface area (Å²) in [5.41, 5.74) is 0.553.